The Labute approximate surface area is 157 Å². The fourth-order valence-electron chi connectivity index (χ4n) is 3.07. The van der Waals surface area contributed by atoms with Crippen LogP contribution in [-0.4, -0.2) is 55.0 Å². The highest BCUT2D eigenvalue weighted by molar-refractivity contribution is 5.97. The largest absolute Gasteiger partial charge is 0.496 e. The molecule has 7 heteroatoms. The Hall–Kier alpha value is -3.09. The molecule has 0 aromatic heterocycles. The summed E-state index contributed by atoms with van der Waals surface area (Å²) in [7, 11) is 1.45. The van der Waals surface area contributed by atoms with Gasteiger partial charge >= 0.3 is 6.03 Å². The lowest BCUT2D eigenvalue weighted by molar-refractivity contribution is 0.0758. The van der Waals surface area contributed by atoms with Gasteiger partial charge in [0.1, 0.15) is 11.6 Å². The number of benzene rings is 2. The fourth-order valence-corrected chi connectivity index (χ4v) is 3.07. The number of anilines is 1. The second-order valence-electron chi connectivity index (χ2n) is 6.27. The standard InChI is InChI=1S/C20H22FN3O3/c1-27-18-9-8-15(21)14-17(18)19(25)23-10-5-11-24(13-12-23)20(26)22-16-6-3-2-4-7-16/h2-4,6-9,14H,5,10-13H2,1H3,(H,22,26). The van der Waals surface area contributed by atoms with Gasteiger partial charge in [0.15, 0.2) is 0 Å². The lowest BCUT2D eigenvalue weighted by atomic mass is 10.1. The van der Waals surface area contributed by atoms with Gasteiger partial charge in [0.05, 0.1) is 12.7 Å². The third-order valence-corrected chi connectivity index (χ3v) is 4.49. The van der Waals surface area contributed by atoms with Gasteiger partial charge in [-0.1, -0.05) is 18.2 Å². The number of halogens is 1. The topological polar surface area (TPSA) is 61.9 Å². The van der Waals surface area contributed by atoms with E-state index in [-0.39, 0.29) is 17.5 Å². The van der Waals surface area contributed by atoms with Gasteiger partial charge in [0, 0.05) is 31.9 Å². The number of amides is 3. The van der Waals surface area contributed by atoms with Gasteiger partial charge in [0.25, 0.3) is 5.91 Å². The van der Waals surface area contributed by atoms with Gasteiger partial charge in [-0.2, -0.15) is 0 Å². The van der Waals surface area contributed by atoms with Crippen molar-refractivity contribution in [2.45, 2.75) is 6.42 Å². The lowest BCUT2D eigenvalue weighted by Crippen LogP contribution is -2.39. The number of hydrogen-bond acceptors (Lipinski definition) is 3. The molecule has 0 atom stereocenters. The molecule has 27 heavy (non-hydrogen) atoms. The molecule has 1 aliphatic heterocycles. The van der Waals surface area contributed by atoms with Gasteiger partial charge in [0.2, 0.25) is 0 Å². The number of hydrogen-bond donors (Lipinski definition) is 1. The van der Waals surface area contributed by atoms with E-state index in [1.54, 1.807) is 9.80 Å². The summed E-state index contributed by atoms with van der Waals surface area (Å²) in [5, 5.41) is 2.85. The van der Waals surface area contributed by atoms with Crippen LogP contribution in [0.5, 0.6) is 5.75 Å². The maximum Gasteiger partial charge on any atom is 0.321 e. The fraction of sp³-hybridized carbons (Fsp3) is 0.300. The molecule has 6 nitrogen and oxygen atoms in total. The van der Waals surface area contributed by atoms with Gasteiger partial charge in [-0.05, 0) is 36.8 Å². The summed E-state index contributed by atoms with van der Waals surface area (Å²) in [6.07, 6.45) is 0.644. The van der Waals surface area contributed by atoms with Gasteiger partial charge < -0.3 is 19.9 Å². The van der Waals surface area contributed by atoms with Crippen molar-refractivity contribution in [2.24, 2.45) is 0 Å². The zero-order valence-corrected chi connectivity index (χ0v) is 15.2. The van der Waals surface area contributed by atoms with E-state index in [2.05, 4.69) is 5.32 Å². The molecule has 3 rings (SSSR count). The van der Waals surface area contributed by atoms with Crippen LogP contribution in [0.4, 0.5) is 14.9 Å². The molecule has 2 aromatic rings. The first kappa shape index (κ1) is 18.7. The van der Waals surface area contributed by atoms with Crippen molar-refractivity contribution in [1.29, 1.82) is 0 Å². The van der Waals surface area contributed by atoms with Crippen LogP contribution in [-0.2, 0) is 0 Å². The molecule has 3 amide bonds. The Balaban J connectivity index is 1.65. The van der Waals surface area contributed by atoms with Crippen molar-refractivity contribution in [2.75, 3.05) is 38.6 Å². The Morgan fingerprint density at radius 1 is 1.00 bits per heavy atom. The molecule has 0 radical (unpaired) electrons. The van der Waals surface area contributed by atoms with E-state index in [1.807, 2.05) is 30.3 Å². The van der Waals surface area contributed by atoms with Crippen molar-refractivity contribution in [3.8, 4) is 5.75 Å². The Kier molecular flexibility index (Phi) is 5.90. The molecule has 0 bridgehead atoms. The minimum Gasteiger partial charge on any atom is -0.496 e. The Morgan fingerprint density at radius 3 is 2.44 bits per heavy atom. The molecule has 0 spiro atoms. The van der Waals surface area contributed by atoms with Crippen LogP contribution in [0.2, 0.25) is 0 Å². The highest BCUT2D eigenvalue weighted by atomic mass is 19.1. The molecule has 0 aliphatic carbocycles. The number of para-hydroxylation sites is 1. The van der Waals surface area contributed by atoms with E-state index >= 15 is 0 Å². The van der Waals surface area contributed by atoms with Crippen LogP contribution in [0.1, 0.15) is 16.8 Å². The highest BCUT2D eigenvalue weighted by Crippen LogP contribution is 2.22. The van der Waals surface area contributed by atoms with E-state index in [1.165, 1.54) is 25.3 Å². The van der Waals surface area contributed by atoms with Crippen LogP contribution in [0.25, 0.3) is 0 Å². The molecule has 0 saturated carbocycles. The first-order valence-corrected chi connectivity index (χ1v) is 8.82. The van der Waals surface area contributed by atoms with Crippen LogP contribution in [0.3, 0.4) is 0 Å². The molecule has 1 heterocycles. The zero-order valence-electron chi connectivity index (χ0n) is 15.2. The smallest absolute Gasteiger partial charge is 0.321 e. The third-order valence-electron chi connectivity index (χ3n) is 4.49. The Bertz CT molecular complexity index is 813. The minimum absolute atomic E-state index is 0.194. The van der Waals surface area contributed by atoms with Crippen LogP contribution in [0.15, 0.2) is 48.5 Å². The second kappa shape index (κ2) is 8.53. The molecule has 0 unspecified atom stereocenters. The highest BCUT2D eigenvalue weighted by Gasteiger charge is 2.25. The summed E-state index contributed by atoms with van der Waals surface area (Å²) in [5.74, 6) is -0.446. The predicted molar refractivity (Wildman–Crippen MR) is 101 cm³/mol. The number of rotatable bonds is 3. The number of carbonyl (C=O) groups excluding carboxylic acids is 2. The summed E-state index contributed by atoms with van der Waals surface area (Å²) < 4.78 is 18.8. The molecular weight excluding hydrogens is 349 g/mol. The first-order valence-electron chi connectivity index (χ1n) is 8.82. The third kappa shape index (κ3) is 4.55. The summed E-state index contributed by atoms with van der Waals surface area (Å²) in [6.45, 7) is 1.82. The average Bonchev–Trinajstić information content (AvgIpc) is 2.94. The SMILES string of the molecule is COc1ccc(F)cc1C(=O)N1CCCN(C(=O)Nc2ccccc2)CC1. The van der Waals surface area contributed by atoms with Crippen molar-refractivity contribution in [3.63, 3.8) is 0 Å². The van der Waals surface area contributed by atoms with Gasteiger partial charge in [-0.3, -0.25) is 4.79 Å². The van der Waals surface area contributed by atoms with Crippen molar-refractivity contribution in [3.05, 3.63) is 59.9 Å². The summed E-state index contributed by atoms with van der Waals surface area (Å²) in [6, 6.07) is 12.9. The number of carbonyl (C=O) groups is 2. The van der Waals surface area contributed by atoms with Gasteiger partial charge in [-0.15, -0.1) is 0 Å². The lowest BCUT2D eigenvalue weighted by Gasteiger charge is -2.23. The first-order chi connectivity index (χ1) is 13.1. The van der Waals surface area contributed by atoms with Crippen LogP contribution >= 0.6 is 0 Å². The van der Waals surface area contributed by atoms with Crippen LogP contribution < -0.4 is 10.1 Å². The molecule has 2 aromatic carbocycles. The molecule has 1 N–H and O–H groups in total. The van der Waals surface area contributed by atoms with Crippen molar-refractivity contribution < 1.29 is 18.7 Å². The number of nitrogens with zero attached hydrogens (tertiary/aromatic N) is 2. The van der Waals surface area contributed by atoms with E-state index in [0.717, 1.165) is 5.69 Å². The van der Waals surface area contributed by atoms with Crippen LogP contribution in [0, 0.1) is 5.82 Å². The van der Waals surface area contributed by atoms with E-state index in [9.17, 15) is 14.0 Å². The second-order valence-corrected chi connectivity index (χ2v) is 6.27. The van der Waals surface area contributed by atoms with Crippen molar-refractivity contribution in [1.82, 2.24) is 9.80 Å². The van der Waals surface area contributed by atoms with E-state index < -0.39 is 5.82 Å². The average molecular weight is 371 g/mol. The zero-order chi connectivity index (χ0) is 19.2. The molecule has 1 aliphatic rings. The quantitative estimate of drug-likeness (QED) is 0.901. The monoisotopic (exact) mass is 371 g/mol. The van der Waals surface area contributed by atoms with Gasteiger partial charge in [-0.25, -0.2) is 9.18 Å². The maximum absolute atomic E-state index is 13.6. The number of nitrogens with one attached hydrogen (secondary N) is 1. The number of urea groups is 1. The van der Waals surface area contributed by atoms with E-state index in [4.69, 9.17) is 4.74 Å². The normalized spacial score (nSPS) is 14.4. The molecule has 1 saturated heterocycles. The minimum atomic E-state index is -0.488. The number of ether oxygens (including phenoxy) is 1. The predicted octanol–water partition coefficient (Wildman–Crippen LogP) is 3.21. The molecular formula is C20H22FN3O3. The number of methoxy groups -OCH3 is 1. The van der Waals surface area contributed by atoms with Crippen molar-refractivity contribution >= 4 is 17.6 Å². The summed E-state index contributed by atoms with van der Waals surface area (Å²) in [5.41, 5.74) is 0.920. The maximum atomic E-state index is 13.6. The Morgan fingerprint density at radius 2 is 1.70 bits per heavy atom. The summed E-state index contributed by atoms with van der Waals surface area (Å²) >= 11 is 0. The molecule has 1 fully saturated rings. The van der Waals surface area contributed by atoms with E-state index in [0.29, 0.717) is 38.3 Å². The summed E-state index contributed by atoms with van der Waals surface area (Å²) in [4.78, 5) is 28.6. The molecule has 142 valence electrons.